The molecule has 13 heavy (non-hydrogen) atoms. The third kappa shape index (κ3) is 2.96. The fourth-order valence-corrected chi connectivity index (χ4v) is 1.85. The van der Waals surface area contributed by atoms with E-state index >= 15 is 0 Å². The van der Waals surface area contributed by atoms with E-state index < -0.39 is 0 Å². The molecule has 0 aromatic carbocycles. The molecule has 0 aromatic heterocycles. The van der Waals surface area contributed by atoms with E-state index in [2.05, 4.69) is 32.6 Å². The average molecular weight is 184 g/mol. The Morgan fingerprint density at radius 2 is 1.92 bits per heavy atom. The second-order valence-electron chi connectivity index (χ2n) is 5.21. The molecule has 1 aliphatic rings. The molecule has 0 radical (unpaired) electrons. The Hall–Kier alpha value is -0.0800. The van der Waals surface area contributed by atoms with Crippen molar-refractivity contribution in [2.75, 3.05) is 13.1 Å². The maximum Gasteiger partial charge on any atom is 0.0278 e. The van der Waals surface area contributed by atoms with Crippen LogP contribution in [-0.2, 0) is 0 Å². The average Bonchev–Trinajstić information content (AvgIpc) is 2.82. The molecule has 0 spiro atoms. The molecule has 0 saturated heterocycles. The van der Waals surface area contributed by atoms with E-state index in [-0.39, 0.29) is 5.54 Å². The topological polar surface area (TPSA) is 29.3 Å². The predicted molar refractivity (Wildman–Crippen MR) is 57.7 cm³/mol. The second kappa shape index (κ2) is 3.97. The van der Waals surface area contributed by atoms with Crippen molar-refractivity contribution < 1.29 is 0 Å². The van der Waals surface area contributed by atoms with Gasteiger partial charge in [-0.1, -0.05) is 0 Å². The molecule has 0 bridgehead atoms. The van der Waals surface area contributed by atoms with Gasteiger partial charge in [0.15, 0.2) is 0 Å². The van der Waals surface area contributed by atoms with Crippen LogP contribution >= 0.6 is 0 Å². The summed E-state index contributed by atoms with van der Waals surface area (Å²) in [6.45, 7) is 11.0. The molecule has 1 saturated carbocycles. The van der Waals surface area contributed by atoms with Gasteiger partial charge in [0.05, 0.1) is 0 Å². The standard InChI is InChI=1S/C11H24N2/c1-9(2)13(7-10-5-6-10)11(3,4)8-12/h9-10H,5-8,12H2,1-4H3. The van der Waals surface area contributed by atoms with Crippen LogP contribution in [0.2, 0.25) is 0 Å². The van der Waals surface area contributed by atoms with Gasteiger partial charge in [0.25, 0.3) is 0 Å². The van der Waals surface area contributed by atoms with Gasteiger partial charge in [0, 0.05) is 24.7 Å². The summed E-state index contributed by atoms with van der Waals surface area (Å²) < 4.78 is 0. The van der Waals surface area contributed by atoms with E-state index in [4.69, 9.17) is 5.73 Å². The van der Waals surface area contributed by atoms with Crippen molar-refractivity contribution >= 4 is 0 Å². The molecular formula is C11H24N2. The number of hydrogen-bond donors (Lipinski definition) is 1. The maximum absolute atomic E-state index is 5.80. The van der Waals surface area contributed by atoms with Gasteiger partial charge in [0.2, 0.25) is 0 Å². The van der Waals surface area contributed by atoms with E-state index in [1.807, 2.05) is 0 Å². The van der Waals surface area contributed by atoms with Crippen molar-refractivity contribution in [1.29, 1.82) is 0 Å². The summed E-state index contributed by atoms with van der Waals surface area (Å²) in [5, 5.41) is 0. The van der Waals surface area contributed by atoms with Crippen molar-refractivity contribution in [2.45, 2.75) is 52.1 Å². The highest BCUT2D eigenvalue weighted by Crippen LogP contribution is 2.32. The lowest BCUT2D eigenvalue weighted by molar-refractivity contribution is 0.0849. The van der Waals surface area contributed by atoms with Crippen LogP contribution in [0, 0.1) is 5.92 Å². The van der Waals surface area contributed by atoms with Gasteiger partial charge >= 0.3 is 0 Å². The first-order valence-corrected chi connectivity index (χ1v) is 5.44. The molecule has 0 atom stereocenters. The Bertz CT molecular complexity index is 159. The van der Waals surface area contributed by atoms with Gasteiger partial charge in [-0.15, -0.1) is 0 Å². The normalized spacial score (nSPS) is 18.7. The highest BCUT2D eigenvalue weighted by molar-refractivity contribution is 4.88. The minimum atomic E-state index is 0.163. The van der Waals surface area contributed by atoms with Crippen molar-refractivity contribution in [3.8, 4) is 0 Å². The molecule has 1 rings (SSSR count). The Morgan fingerprint density at radius 3 is 2.23 bits per heavy atom. The summed E-state index contributed by atoms with van der Waals surface area (Å²) >= 11 is 0. The van der Waals surface area contributed by atoms with Crippen LogP contribution in [0.5, 0.6) is 0 Å². The van der Waals surface area contributed by atoms with Crippen LogP contribution in [0.4, 0.5) is 0 Å². The summed E-state index contributed by atoms with van der Waals surface area (Å²) in [5.74, 6) is 0.952. The largest absolute Gasteiger partial charge is 0.329 e. The smallest absolute Gasteiger partial charge is 0.0278 e. The van der Waals surface area contributed by atoms with E-state index in [1.54, 1.807) is 0 Å². The summed E-state index contributed by atoms with van der Waals surface area (Å²) in [7, 11) is 0. The van der Waals surface area contributed by atoms with Crippen LogP contribution < -0.4 is 5.73 Å². The van der Waals surface area contributed by atoms with Gasteiger partial charge < -0.3 is 5.73 Å². The van der Waals surface area contributed by atoms with Crippen LogP contribution in [0.25, 0.3) is 0 Å². The lowest BCUT2D eigenvalue weighted by Crippen LogP contribution is -2.53. The Kier molecular flexibility index (Phi) is 3.36. The first kappa shape index (κ1) is 11.0. The van der Waals surface area contributed by atoms with E-state index in [0.717, 1.165) is 12.5 Å². The van der Waals surface area contributed by atoms with E-state index in [9.17, 15) is 0 Å². The van der Waals surface area contributed by atoms with E-state index in [0.29, 0.717) is 6.04 Å². The van der Waals surface area contributed by atoms with E-state index in [1.165, 1.54) is 19.4 Å². The van der Waals surface area contributed by atoms with Gasteiger partial charge in [-0.2, -0.15) is 0 Å². The third-order valence-electron chi connectivity index (χ3n) is 3.05. The number of rotatable bonds is 5. The number of nitrogens with zero attached hydrogens (tertiary/aromatic N) is 1. The first-order valence-electron chi connectivity index (χ1n) is 5.44. The van der Waals surface area contributed by atoms with Gasteiger partial charge in [-0.05, 0) is 46.5 Å². The summed E-state index contributed by atoms with van der Waals surface area (Å²) in [4.78, 5) is 2.55. The number of hydrogen-bond acceptors (Lipinski definition) is 2. The molecule has 0 aromatic rings. The highest BCUT2D eigenvalue weighted by atomic mass is 15.2. The fourth-order valence-electron chi connectivity index (χ4n) is 1.85. The van der Waals surface area contributed by atoms with Crippen LogP contribution in [0.3, 0.4) is 0 Å². The molecule has 0 amide bonds. The van der Waals surface area contributed by atoms with Gasteiger partial charge in [-0.25, -0.2) is 0 Å². The van der Waals surface area contributed by atoms with Crippen molar-refractivity contribution in [3.05, 3.63) is 0 Å². The highest BCUT2D eigenvalue weighted by Gasteiger charge is 2.32. The molecule has 2 heteroatoms. The molecule has 0 heterocycles. The van der Waals surface area contributed by atoms with Gasteiger partial charge in [-0.3, -0.25) is 4.90 Å². The predicted octanol–water partition coefficient (Wildman–Crippen LogP) is 1.84. The Morgan fingerprint density at radius 1 is 1.38 bits per heavy atom. The Balaban J connectivity index is 2.53. The second-order valence-corrected chi connectivity index (χ2v) is 5.21. The molecule has 1 fully saturated rings. The maximum atomic E-state index is 5.80. The molecule has 2 nitrogen and oxygen atoms in total. The summed E-state index contributed by atoms with van der Waals surface area (Å²) in [5.41, 5.74) is 5.96. The molecule has 78 valence electrons. The quantitative estimate of drug-likeness (QED) is 0.706. The zero-order valence-corrected chi connectivity index (χ0v) is 9.51. The molecule has 2 N–H and O–H groups in total. The zero-order chi connectivity index (χ0) is 10.1. The molecular weight excluding hydrogens is 160 g/mol. The molecule has 0 aliphatic heterocycles. The van der Waals surface area contributed by atoms with Crippen LogP contribution in [-0.4, -0.2) is 29.6 Å². The molecule has 0 unspecified atom stereocenters. The fraction of sp³-hybridized carbons (Fsp3) is 1.00. The van der Waals surface area contributed by atoms with Crippen molar-refractivity contribution in [2.24, 2.45) is 11.7 Å². The van der Waals surface area contributed by atoms with Crippen LogP contribution in [0.1, 0.15) is 40.5 Å². The first-order chi connectivity index (χ1) is 5.97. The minimum absolute atomic E-state index is 0.163. The summed E-state index contributed by atoms with van der Waals surface area (Å²) in [6, 6.07) is 0.610. The summed E-state index contributed by atoms with van der Waals surface area (Å²) in [6.07, 6.45) is 2.84. The van der Waals surface area contributed by atoms with Gasteiger partial charge in [0.1, 0.15) is 0 Å². The third-order valence-corrected chi connectivity index (χ3v) is 3.05. The minimum Gasteiger partial charge on any atom is -0.329 e. The van der Waals surface area contributed by atoms with Crippen LogP contribution in [0.15, 0.2) is 0 Å². The SMILES string of the molecule is CC(C)N(CC1CC1)C(C)(C)CN. The van der Waals surface area contributed by atoms with Crippen molar-refractivity contribution in [3.63, 3.8) is 0 Å². The Labute approximate surface area is 82.5 Å². The lowest BCUT2D eigenvalue weighted by Gasteiger charge is -2.41. The van der Waals surface area contributed by atoms with Crippen molar-refractivity contribution in [1.82, 2.24) is 4.90 Å². The number of nitrogens with two attached hydrogens (primary N) is 1. The lowest BCUT2D eigenvalue weighted by atomic mass is 10.0. The molecule has 1 aliphatic carbocycles. The zero-order valence-electron chi connectivity index (χ0n) is 9.51. The monoisotopic (exact) mass is 184 g/mol.